The zero-order valence-electron chi connectivity index (χ0n) is 60.0. The number of hydrogen-bond donors (Lipinski definition) is 15. The highest BCUT2D eigenvalue weighted by Gasteiger charge is 2.26. The summed E-state index contributed by atoms with van der Waals surface area (Å²) in [6.45, 7) is 2.26. The van der Waals surface area contributed by atoms with E-state index >= 15 is 0 Å². The van der Waals surface area contributed by atoms with Crippen LogP contribution in [0, 0.1) is 0 Å². The van der Waals surface area contributed by atoms with E-state index in [4.69, 9.17) is 5.73 Å². The first-order valence-corrected chi connectivity index (χ1v) is 32.9. The lowest BCUT2D eigenvalue weighted by Gasteiger charge is -2.12. The summed E-state index contributed by atoms with van der Waals surface area (Å²) in [7, 11) is 16.4. The molecule has 2 atom stereocenters. The summed E-state index contributed by atoms with van der Waals surface area (Å²) in [6.07, 6.45) is 10.5. The van der Waals surface area contributed by atoms with Gasteiger partial charge in [0.15, 0.2) is 23.3 Å². The van der Waals surface area contributed by atoms with Crippen molar-refractivity contribution in [2.24, 2.45) is 62.1 Å². The molecular formula is C65H85N27O14. The van der Waals surface area contributed by atoms with Crippen LogP contribution in [0.25, 0.3) is 0 Å². The van der Waals surface area contributed by atoms with Gasteiger partial charge in [-0.2, -0.15) is 0 Å². The van der Waals surface area contributed by atoms with Crippen molar-refractivity contribution in [2.75, 3.05) is 95.9 Å². The number of anilines is 8. The molecule has 13 amide bonds. The molecule has 106 heavy (non-hydrogen) atoms. The Bertz CT molecular complexity index is 4670. The van der Waals surface area contributed by atoms with Crippen molar-refractivity contribution in [2.45, 2.75) is 51.2 Å². The second-order valence-corrected chi connectivity index (χ2v) is 25.0. The van der Waals surface area contributed by atoms with E-state index in [0.717, 1.165) is 13.0 Å². The van der Waals surface area contributed by atoms with Gasteiger partial charge < -0.3 is 121 Å². The number of aryl methyl sites for hydroxylation is 8. The number of imidazole rings is 4. The van der Waals surface area contributed by atoms with E-state index < -0.39 is 83.5 Å². The van der Waals surface area contributed by atoms with Crippen LogP contribution in [0.3, 0.4) is 0 Å². The minimum absolute atomic E-state index is 0.00995. The zero-order valence-corrected chi connectivity index (χ0v) is 60.0. The van der Waals surface area contributed by atoms with Gasteiger partial charge in [-0.15, -0.1) is 0 Å². The number of nitrogens with zero attached hydrogens (tertiary/aromatic N) is 13. The van der Waals surface area contributed by atoms with Crippen LogP contribution in [-0.2, 0) is 80.4 Å². The smallest absolute Gasteiger partial charge is 0.292 e. The third kappa shape index (κ3) is 21.5. The molecule has 0 aliphatic rings. The Morgan fingerprint density at radius 3 is 1.23 bits per heavy atom. The molecule has 0 bridgehead atoms. The molecule has 0 spiro atoms. The van der Waals surface area contributed by atoms with Gasteiger partial charge in [-0.25, -0.2) is 19.9 Å². The highest BCUT2D eigenvalue weighted by molar-refractivity contribution is 6.08. The summed E-state index contributed by atoms with van der Waals surface area (Å²) in [6, 6.07) is 4.70. The Morgan fingerprint density at radius 2 is 0.783 bits per heavy atom. The van der Waals surface area contributed by atoms with Crippen LogP contribution in [0.2, 0.25) is 0 Å². The fourth-order valence-electron chi connectivity index (χ4n) is 10.6. The monoisotopic (exact) mass is 1470 g/mol. The van der Waals surface area contributed by atoms with Crippen molar-refractivity contribution in [1.29, 1.82) is 0 Å². The standard InChI is InChI=1S/C65H85N27O14/c1-35(93)72-46-31-91(10)55(78-46)64(105)83-49-34-90(9)54(81-49)63(104)71-26-40(94)25-52(97)77-47-32-92(11)56(79-47)65(106)82-48-33-89(8)53(80-48)62(103)70-17-13-41(66)57(98)74-37-24-45(88(7)28-37)61(102)76-39-23-43(86(5)30-39)59(100)69-19-15-51(96)73-36-21-44(87(6)27-36)60(101)75-38-22-42(85(4)29-38)58(99)68-18-14-50(95)67-16-12-20-84(2)3/h21-24,27-34,40-41,94H,12-20,25-26,66H2,1-11H3,(H,67,95)(H,68,99)(H,69,100)(H,70,103)(H,71,104)(H,72,93)(H,73,96)(H,74,98)(H,75,101)(H,76,102)(H,77,97)(H,82,106)(H,83,105)/t40-,41+/m0/s1. The van der Waals surface area contributed by atoms with E-state index in [2.05, 4.69) is 89.1 Å². The second-order valence-electron chi connectivity index (χ2n) is 25.0. The van der Waals surface area contributed by atoms with Crippen molar-refractivity contribution in [3.63, 3.8) is 0 Å². The summed E-state index contributed by atoms with van der Waals surface area (Å²) in [4.78, 5) is 187. The van der Waals surface area contributed by atoms with Gasteiger partial charge in [0.25, 0.3) is 47.3 Å². The molecule has 0 aromatic carbocycles. The van der Waals surface area contributed by atoms with Gasteiger partial charge in [-0.05, 0) is 57.7 Å². The third-order valence-corrected chi connectivity index (χ3v) is 15.8. The molecule has 8 rings (SSSR count). The summed E-state index contributed by atoms with van der Waals surface area (Å²) in [5.74, 6) is -7.63. The highest BCUT2D eigenvalue weighted by Crippen LogP contribution is 2.22. The minimum atomic E-state index is -1.38. The average Bonchev–Trinajstić information content (AvgIpc) is 1.69. The van der Waals surface area contributed by atoms with Gasteiger partial charge in [0.05, 0.1) is 41.3 Å². The van der Waals surface area contributed by atoms with Crippen molar-refractivity contribution in [1.82, 2.24) is 88.0 Å². The molecule has 0 fully saturated rings. The Kier molecular flexibility index (Phi) is 26.1. The largest absolute Gasteiger partial charge is 0.391 e. The zero-order chi connectivity index (χ0) is 77.4. The van der Waals surface area contributed by atoms with Crippen LogP contribution >= 0.6 is 0 Å². The third-order valence-electron chi connectivity index (χ3n) is 15.8. The van der Waals surface area contributed by atoms with E-state index in [1.54, 1.807) is 52.2 Å². The molecule has 16 N–H and O–H groups in total. The first kappa shape index (κ1) is 78.7. The number of aliphatic hydroxyl groups excluding tert-OH is 1. The van der Waals surface area contributed by atoms with Crippen LogP contribution in [0.15, 0.2) is 73.8 Å². The fourth-order valence-corrected chi connectivity index (χ4v) is 10.6. The molecule has 0 saturated carbocycles. The van der Waals surface area contributed by atoms with Gasteiger partial charge in [0, 0.05) is 158 Å². The Labute approximate surface area is 605 Å². The van der Waals surface area contributed by atoms with Crippen molar-refractivity contribution >= 4 is 123 Å². The number of rotatable bonds is 34. The maximum absolute atomic E-state index is 13.5. The molecule has 0 aliphatic carbocycles. The van der Waals surface area contributed by atoms with E-state index in [0.29, 0.717) is 17.9 Å². The van der Waals surface area contributed by atoms with Gasteiger partial charge in [0.1, 0.15) is 22.8 Å². The van der Waals surface area contributed by atoms with Gasteiger partial charge in [-0.1, -0.05) is 0 Å². The average molecular weight is 1470 g/mol. The lowest BCUT2D eigenvalue weighted by atomic mass is 10.2. The minimum Gasteiger partial charge on any atom is -0.391 e. The van der Waals surface area contributed by atoms with E-state index in [1.807, 2.05) is 19.0 Å². The molecule has 0 saturated heterocycles. The molecule has 8 aromatic heterocycles. The molecule has 0 aliphatic heterocycles. The molecule has 8 heterocycles. The number of aromatic nitrogens is 12. The van der Waals surface area contributed by atoms with Crippen LogP contribution in [0.1, 0.15) is 123 Å². The number of amides is 13. The highest BCUT2D eigenvalue weighted by atomic mass is 16.3. The SMILES string of the molecule is CC(=O)Nc1cn(C)c(C(=O)Nc2cn(C)c(C(=O)NC[C@@H](O)CC(=O)Nc3cn(C)c(C(=O)Nc4cn(C)c(C(=O)NCC[C@@H](N)C(=O)Nc5cc(C(=O)Nc6cc(C(=O)NCCC(=O)Nc7cc(C(=O)Nc8cc(C(=O)NCCC(=O)NCCCN(C)C)n(C)c8)n(C)c7)n(C)c6)n(C)c5)n4)n3)n2)n1. The van der Waals surface area contributed by atoms with Crippen molar-refractivity contribution in [3.05, 3.63) is 120 Å². The fraction of sp³-hybridized carbons (Fsp3) is 0.369. The van der Waals surface area contributed by atoms with Crippen LogP contribution < -0.4 is 74.9 Å². The molecule has 41 nitrogen and oxygen atoms in total. The predicted octanol–water partition coefficient (Wildman–Crippen LogP) is -0.906. The van der Waals surface area contributed by atoms with Gasteiger partial charge in [-0.3, -0.25) is 62.3 Å². The Hall–Kier alpha value is -13.0. The van der Waals surface area contributed by atoms with E-state index in [-0.39, 0.29) is 138 Å². The number of nitrogens with one attached hydrogen (secondary N) is 13. The lowest BCUT2D eigenvalue weighted by Crippen LogP contribution is -2.39. The van der Waals surface area contributed by atoms with Crippen LogP contribution in [0.4, 0.5) is 46.0 Å². The molecule has 0 radical (unpaired) electrons. The Balaban J connectivity index is 0.709. The number of carbonyl (C=O) groups excluding carboxylic acids is 13. The number of aliphatic hydroxyl groups is 1. The van der Waals surface area contributed by atoms with E-state index in [1.165, 1.54) is 121 Å². The first-order chi connectivity index (χ1) is 50.2. The van der Waals surface area contributed by atoms with Gasteiger partial charge in [0.2, 0.25) is 52.8 Å². The predicted molar refractivity (Wildman–Crippen MR) is 384 cm³/mol. The van der Waals surface area contributed by atoms with Crippen LogP contribution in [0.5, 0.6) is 0 Å². The van der Waals surface area contributed by atoms with E-state index in [9.17, 15) is 67.4 Å². The van der Waals surface area contributed by atoms with Crippen LogP contribution in [-0.4, -0.2) is 209 Å². The summed E-state index contributed by atoms with van der Waals surface area (Å²) in [5, 5.41) is 44.8. The van der Waals surface area contributed by atoms with Crippen molar-refractivity contribution < 1.29 is 67.4 Å². The quantitative estimate of drug-likeness (QED) is 0.0217. The topological polar surface area (TPSA) is 519 Å². The first-order valence-electron chi connectivity index (χ1n) is 32.9. The van der Waals surface area contributed by atoms with Gasteiger partial charge >= 0.3 is 0 Å². The second kappa shape index (κ2) is 35.2. The molecule has 0 unspecified atom stereocenters. The summed E-state index contributed by atoms with van der Waals surface area (Å²) in [5.41, 5.74) is 8.09. The number of hydrogen-bond acceptors (Lipinski definition) is 20. The summed E-state index contributed by atoms with van der Waals surface area (Å²) < 4.78 is 11.4. The Morgan fingerprint density at radius 1 is 0.406 bits per heavy atom. The maximum atomic E-state index is 13.5. The van der Waals surface area contributed by atoms with Crippen molar-refractivity contribution in [3.8, 4) is 0 Å². The summed E-state index contributed by atoms with van der Waals surface area (Å²) >= 11 is 0. The molecule has 564 valence electrons. The molecule has 8 aromatic rings. The normalized spacial score (nSPS) is 11.6. The number of nitrogens with two attached hydrogens (primary N) is 1. The number of carbonyl (C=O) groups is 13. The maximum Gasteiger partial charge on any atom is 0.292 e. The lowest BCUT2D eigenvalue weighted by molar-refractivity contribution is -0.121. The molecular weight excluding hydrogens is 1380 g/mol. The molecule has 41 heteroatoms.